The first-order chi connectivity index (χ1) is 8.17. The Morgan fingerprint density at radius 2 is 2.18 bits per heavy atom. The van der Waals surface area contributed by atoms with Gasteiger partial charge < -0.3 is 11.1 Å². The molecule has 0 saturated heterocycles. The first-order valence-electron chi connectivity index (χ1n) is 5.92. The molecule has 0 fully saturated rings. The van der Waals surface area contributed by atoms with E-state index < -0.39 is 11.6 Å². The lowest BCUT2D eigenvalue weighted by Crippen LogP contribution is -2.19. The van der Waals surface area contributed by atoms with Crippen LogP contribution in [0, 0.1) is 17.6 Å². The molecule has 3 N–H and O–H groups in total. The fourth-order valence-electron chi connectivity index (χ4n) is 1.78. The summed E-state index contributed by atoms with van der Waals surface area (Å²) in [5.41, 5.74) is 5.51. The van der Waals surface area contributed by atoms with E-state index in [2.05, 4.69) is 17.2 Å². The molecule has 1 aromatic rings. The number of anilines is 1. The molecule has 0 bridgehead atoms. The minimum Gasteiger partial charge on any atom is -0.367 e. The minimum atomic E-state index is -0.667. The first kappa shape index (κ1) is 13.8. The largest absolute Gasteiger partial charge is 0.367 e. The molecule has 0 spiro atoms. The van der Waals surface area contributed by atoms with Crippen molar-refractivity contribution in [2.24, 2.45) is 11.7 Å². The second-order valence-electron chi connectivity index (χ2n) is 4.10. The van der Waals surface area contributed by atoms with Gasteiger partial charge in [0, 0.05) is 12.6 Å². The Morgan fingerprint density at radius 1 is 1.41 bits per heavy atom. The van der Waals surface area contributed by atoms with E-state index in [1.54, 1.807) is 0 Å². The monoisotopic (exact) mass is 243 g/mol. The smallest absolute Gasteiger partial charge is 0.168 e. The summed E-state index contributed by atoms with van der Waals surface area (Å²) in [6, 6.07) is 0.826. The summed E-state index contributed by atoms with van der Waals surface area (Å²) in [7, 11) is 0. The van der Waals surface area contributed by atoms with E-state index in [1.165, 1.54) is 0 Å². The van der Waals surface area contributed by atoms with Crippen LogP contribution in [0.5, 0.6) is 0 Å². The Balaban J connectivity index is 2.52. The third kappa shape index (κ3) is 4.65. The Morgan fingerprint density at radius 3 is 2.76 bits per heavy atom. The molecule has 1 rings (SSSR count). The van der Waals surface area contributed by atoms with Gasteiger partial charge in [0.25, 0.3) is 0 Å². The molecule has 1 atom stereocenters. The maximum Gasteiger partial charge on any atom is 0.168 e. The third-order valence-electron chi connectivity index (χ3n) is 2.64. The molecule has 0 amide bonds. The van der Waals surface area contributed by atoms with Gasteiger partial charge in [-0.2, -0.15) is 0 Å². The number of hydrogen-bond donors (Lipinski definition) is 2. The molecule has 1 unspecified atom stereocenters. The number of pyridine rings is 1. The molecule has 1 aromatic heterocycles. The van der Waals surface area contributed by atoms with Crippen molar-refractivity contribution >= 4 is 5.82 Å². The number of hydrogen-bond acceptors (Lipinski definition) is 3. The molecule has 96 valence electrons. The van der Waals surface area contributed by atoms with Crippen LogP contribution in [-0.4, -0.2) is 18.1 Å². The molecule has 0 saturated carbocycles. The molecule has 3 nitrogen and oxygen atoms in total. The van der Waals surface area contributed by atoms with Gasteiger partial charge in [0.05, 0.1) is 6.20 Å². The maximum absolute atomic E-state index is 13.3. The molecule has 0 aliphatic carbocycles. The van der Waals surface area contributed by atoms with E-state index >= 15 is 0 Å². The molecule has 1 heterocycles. The lowest BCUT2D eigenvalue weighted by atomic mass is 10.00. The van der Waals surface area contributed by atoms with Crippen LogP contribution in [0.2, 0.25) is 0 Å². The van der Waals surface area contributed by atoms with Crippen LogP contribution in [0.1, 0.15) is 26.2 Å². The quantitative estimate of drug-likeness (QED) is 0.773. The Labute approximate surface area is 100 Å². The van der Waals surface area contributed by atoms with Crippen LogP contribution in [-0.2, 0) is 0 Å². The number of nitrogens with one attached hydrogen (secondary N) is 1. The van der Waals surface area contributed by atoms with Crippen LogP contribution in [0.25, 0.3) is 0 Å². The van der Waals surface area contributed by atoms with Crippen LogP contribution < -0.4 is 11.1 Å². The number of aromatic nitrogens is 1. The van der Waals surface area contributed by atoms with Gasteiger partial charge in [-0.05, 0) is 25.3 Å². The number of halogens is 2. The molecular weight excluding hydrogens is 224 g/mol. The van der Waals surface area contributed by atoms with Crippen molar-refractivity contribution in [2.45, 2.75) is 26.2 Å². The average molecular weight is 243 g/mol. The van der Waals surface area contributed by atoms with Crippen LogP contribution in [0.3, 0.4) is 0 Å². The normalized spacial score (nSPS) is 12.5. The van der Waals surface area contributed by atoms with Crippen molar-refractivity contribution in [3.63, 3.8) is 0 Å². The second-order valence-corrected chi connectivity index (χ2v) is 4.10. The van der Waals surface area contributed by atoms with Crippen LogP contribution in [0.4, 0.5) is 14.6 Å². The van der Waals surface area contributed by atoms with Gasteiger partial charge in [0.15, 0.2) is 11.6 Å². The summed E-state index contributed by atoms with van der Waals surface area (Å²) in [6.45, 7) is 3.33. The lowest BCUT2D eigenvalue weighted by Gasteiger charge is -2.16. The Kier molecular flexibility index (Phi) is 5.83. The van der Waals surface area contributed by atoms with Crippen molar-refractivity contribution in [3.8, 4) is 0 Å². The van der Waals surface area contributed by atoms with Gasteiger partial charge in [0.2, 0.25) is 0 Å². The summed E-state index contributed by atoms with van der Waals surface area (Å²) in [5, 5.41) is 2.90. The van der Waals surface area contributed by atoms with E-state index in [1.807, 2.05) is 0 Å². The highest BCUT2D eigenvalue weighted by atomic mass is 19.1. The van der Waals surface area contributed by atoms with Gasteiger partial charge >= 0.3 is 0 Å². The van der Waals surface area contributed by atoms with Crippen molar-refractivity contribution in [1.29, 1.82) is 0 Å². The zero-order chi connectivity index (χ0) is 12.7. The topological polar surface area (TPSA) is 50.9 Å². The highest BCUT2D eigenvalue weighted by Gasteiger charge is 2.09. The molecule has 17 heavy (non-hydrogen) atoms. The number of nitrogens with two attached hydrogens (primary N) is 1. The summed E-state index contributed by atoms with van der Waals surface area (Å²) in [4.78, 5) is 3.68. The fraction of sp³-hybridized carbons (Fsp3) is 0.583. The molecule has 0 radical (unpaired) electrons. The number of rotatable bonds is 7. The summed E-state index contributed by atoms with van der Waals surface area (Å²) < 4.78 is 25.9. The summed E-state index contributed by atoms with van der Waals surface area (Å²) in [5.74, 6) is -0.825. The SMILES string of the molecule is CCCC(CCN)CNc1ncc(F)cc1F. The van der Waals surface area contributed by atoms with Crippen molar-refractivity contribution in [1.82, 2.24) is 4.98 Å². The van der Waals surface area contributed by atoms with Crippen molar-refractivity contribution in [3.05, 3.63) is 23.9 Å². The van der Waals surface area contributed by atoms with Gasteiger partial charge in [-0.25, -0.2) is 13.8 Å². The van der Waals surface area contributed by atoms with E-state index in [0.29, 0.717) is 19.0 Å². The zero-order valence-corrected chi connectivity index (χ0v) is 10.0. The van der Waals surface area contributed by atoms with Gasteiger partial charge in [-0.3, -0.25) is 0 Å². The van der Waals surface area contributed by atoms with E-state index in [4.69, 9.17) is 5.73 Å². The first-order valence-corrected chi connectivity index (χ1v) is 5.92. The van der Waals surface area contributed by atoms with Crippen LogP contribution >= 0.6 is 0 Å². The van der Waals surface area contributed by atoms with Crippen molar-refractivity contribution < 1.29 is 8.78 Å². The predicted molar refractivity (Wildman–Crippen MR) is 64.7 cm³/mol. The molecule has 0 aromatic carbocycles. The van der Waals surface area contributed by atoms with Gasteiger partial charge in [-0.1, -0.05) is 13.3 Å². The van der Waals surface area contributed by atoms with Crippen LogP contribution in [0.15, 0.2) is 12.3 Å². The summed E-state index contributed by atoms with van der Waals surface area (Å²) in [6.07, 6.45) is 3.99. The summed E-state index contributed by atoms with van der Waals surface area (Å²) >= 11 is 0. The highest BCUT2D eigenvalue weighted by molar-refractivity contribution is 5.35. The second kappa shape index (κ2) is 7.17. The molecule has 0 aliphatic rings. The third-order valence-corrected chi connectivity index (χ3v) is 2.64. The lowest BCUT2D eigenvalue weighted by molar-refractivity contribution is 0.471. The van der Waals surface area contributed by atoms with Gasteiger partial charge in [0.1, 0.15) is 5.82 Å². The highest BCUT2D eigenvalue weighted by Crippen LogP contribution is 2.15. The predicted octanol–water partition coefficient (Wildman–Crippen LogP) is 2.54. The number of nitrogens with zero attached hydrogens (tertiary/aromatic N) is 1. The maximum atomic E-state index is 13.3. The molecule has 5 heteroatoms. The fourth-order valence-corrected chi connectivity index (χ4v) is 1.78. The zero-order valence-electron chi connectivity index (χ0n) is 10.0. The standard InChI is InChI=1S/C12H19F2N3/c1-2-3-9(4-5-15)7-16-12-11(14)6-10(13)8-17-12/h6,8-9H,2-5,7,15H2,1H3,(H,16,17). The van der Waals surface area contributed by atoms with E-state index in [0.717, 1.165) is 31.5 Å². The Hall–Kier alpha value is -1.23. The average Bonchev–Trinajstić information content (AvgIpc) is 2.28. The molecule has 0 aliphatic heterocycles. The van der Waals surface area contributed by atoms with E-state index in [-0.39, 0.29) is 5.82 Å². The van der Waals surface area contributed by atoms with Gasteiger partial charge in [-0.15, -0.1) is 0 Å². The van der Waals surface area contributed by atoms with E-state index in [9.17, 15) is 8.78 Å². The Bertz CT molecular complexity index is 339. The van der Waals surface area contributed by atoms with Crippen molar-refractivity contribution in [2.75, 3.05) is 18.4 Å². The minimum absolute atomic E-state index is 0.101. The molecular formula is C12H19F2N3.